The van der Waals surface area contributed by atoms with Gasteiger partial charge >= 0.3 is 0 Å². The summed E-state index contributed by atoms with van der Waals surface area (Å²) in [5.41, 5.74) is 4.55. The Kier molecular flexibility index (Phi) is 1.25. The van der Waals surface area contributed by atoms with Crippen molar-refractivity contribution in [2.75, 3.05) is 0 Å². The molecule has 0 radical (unpaired) electrons. The molecule has 2 aromatic rings. The molecule has 2 heteroatoms. The fraction of sp³-hybridized carbons (Fsp3) is 0.0909. The topological polar surface area (TPSA) is 25.8 Å². The summed E-state index contributed by atoms with van der Waals surface area (Å²) >= 11 is 0. The highest BCUT2D eigenvalue weighted by atomic mass is 14.7. The molecule has 0 aliphatic heterocycles. The van der Waals surface area contributed by atoms with E-state index in [-0.39, 0.29) is 0 Å². The smallest absolute Gasteiger partial charge is 0.0892 e. The van der Waals surface area contributed by atoms with Crippen molar-refractivity contribution in [2.24, 2.45) is 0 Å². The van der Waals surface area contributed by atoms with Gasteiger partial charge in [-0.1, -0.05) is 6.08 Å². The standard InChI is InChI=1S/C11H8N2/c1-2-10-11(12-5-1)6-9(7-13-10)8-3-4-8/h1-3,5-7H,4H2. The van der Waals surface area contributed by atoms with Crippen LogP contribution in [0.1, 0.15) is 12.0 Å². The Bertz CT molecular complexity index is 500. The van der Waals surface area contributed by atoms with Crippen molar-refractivity contribution in [3.05, 3.63) is 42.2 Å². The van der Waals surface area contributed by atoms with Crippen molar-refractivity contribution in [2.45, 2.75) is 6.42 Å². The third-order valence-electron chi connectivity index (χ3n) is 2.23. The number of pyridine rings is 2. The SMILES string of the molecule is C1=C(c2cnc3cccnc3c2)C1. The van der Waals surface area contributed by atoms with Crippen molar-refractivity contribution in [3.8, 4) is 0 Å². The van der Waals surface area contributed by atoms with Gasteiger partial charge in [0.1, 0.15) is 0 Å². The number of aromatic nitrogens is 2. The first-order valence-corrected chi connectivity index (χ1v) is 4.34. The van der Waals surface area contributed by atoms with E-state index in [1.807, 2.05) is 18.3 Å². The van der Waals surface area contributed by atoms with Gasteiger partial charge in [-0.2, -0.15) is 0 Å². The minimum Gasteiger partial charge on any atom is -0.255 e. The molecule has 2 nitrogen and oxygen atoms in total. The first-order valence-electron chi connectivity index (χ1n) is 4.34. The third kappa shape index (κ3) is 1.11. The van der Waals surface area contributed by atoms with Gasteiger partial charge in [0.15, 0.2) is 0 Å². The number of hydrogen-bond acceptors (Lipinski definition) is 2. The van der Waals surface area contributed by atoms with Crippen LogP contribution >= 0.6 is 0 Å². The number of allylic oxidation sites excluding steroid dienone is 2. The predicted molar refractivity (Wildman–Crippen MR) is 52.1 cm³/mol. The maximum absolute atomic E-state index is 4.34. The number of hydrogen-bond donors (Lipinski definition) is 0. The summed E-state index contributed by atoms with van der Waals surface area (Å²) in [7, 11) is 0. The molecule has 2 aromatic heterocycles. The highest BCUT2D eigenvalue weighted by molar-refractivity contribution is 5.83. The normalized spacial score (nSPS) is 14.3. The van der Waals surface area contributed by atoms with Crippen molar-refractivity contribution in [1.82, 2.24) is 9.97 Å². The molecule has 13 heavy (non-hydrogen) atoms. The number of nitrogens with zero attached hydrogens (tertiary/aromatic N) is 2. The highest BCUT2D eigenvalue weighted by Crippen LogP contribution is 2.30. The second kappa shape index (κ2) is 2.39. The van der Waals surface area contributed by atoms with Crippen LogP contribution in [0.5, 0.6) is 0 Å². The van der Waals surface area contributed by atoms with E-state index in [4.69, 9.17) is 0 Å². The van der Waals surface area contributed by atoms with Crippen molar-refractivity contribution >= 4 is 16.6 Å². The number of rotatable bonds is 1. The maximum atomic E-state index is 4.34. The van der Waals surface area contributed by atoms with E-state index in [0.717, 1.165) is 17.5 Å². The van der Waals surface area contributed by atoms with Crippen LogP contribution in [-0.2, 0) is 0 Å². The summed E-state index contributed by atoms with van der Waals surface area (Å²) in [6.07, 6.45) is 7.03. The molecular formula is C11H8N2. The molecule has 2 heterocycles. The summed E-state index contributed by atoms with van der Waals surface area (Å²) < 4.78 is 0. The van der Waals surface area contributed by atoms with E-state index < -0.39 is 0 Å². The lowest BCUT2D eigenvalue weighted by Gasteiger charge is -1.97. The molecular weight excluding hydrogens is 160 g/mol. The molecule has 0 atom stereocenters. The summed E-state index contributed by atoms with van der Waals surface area (Å²) in [6.45, 7) is 0. The Hall–Kier alpha value is -1.70. The first-order chi connectivity index (χ1) is 6.43. The second-order valence-electron chi connectivity index (χ2n) is 3.20. The van der Waals surface area contributed by atoms with Crippen LogP contribution in [0.2, 0.25) is 0 Å². The number of fused-ring (bicyclic) bond motifs is 1. The van der Waals surface area contributed by atoms with Crippen LogP contribution in [0, 0.1) is 0 Å². The lowest BCUT2D eigenvalue weighted by molar-refractivity contribution is 1.32. The van der Waals surface area contributed by atoms with Gasteiger partial charge < -0.3 is 0 Å². The van der Waals surface area contributed by atoms with Crippen LogP contribution in [0.4, 0.5) is 0 Å². The van der Waals surface area contributed by atoms with E-state index in [0.29, 0.717) is 0 Å². The Balaban J connectivity index is 2.26. The van der Waals surface area contributed by atoms with Gasteiger partial charge in [0.05, 0.1) is 11.0 Å². The van der Waals surface area contributed by atoms with E-state index in [1.165, 1.54) is 11.1 Å². The third-order valence-corrected chi connectivity index (χ3v) is 2.23. The van der Waals surface area contributed by atoms with E-state index in [2.05, 4.69) is 22.1 Å². The van der Waals surface area contributed by atoms with Crippen molar-refractivity contribution < 1.29 is 0 Å². The molecule has 0 amide bonds. The molecule has 3 rings (SSSR count). The monoisotopic (exact) mass is 168 g/mol. The second-order valence-corrected chi connectivity index (χ2v) is 3.20. The Morgan fingerprint density at radius 2 is 2.08 bits per heavy atom. The Morgan fingerprint density at radius 1 is 1.15 bits per heavy atom. The molecule has 0 bridgehead atoms. The fourth-order valence-electron chi connectivity index (χ4n) is 1.42. The molecule has 0 fully saturated rings. The molecule has 0 saturated heterocycles. The predicted octanol–water partition coefficient (Wildman–Crippen LogP) is 2.42. The maximum Gasteiger partial charge on any atom is 0.0892 e. The average Bonchev–Trinajstić information content (AvgIpc) is 3.00. The molecule has 1 aliphatic rings. The van der Waals surface area contributed by atoms with E-state index in [1.54, 1.807) is 6.20 Å². The molecule has 62 valence electrons. The zero-order valence-corrected chi connectivity index (χ0v) is 7.07. The van der Waals surface area contributed by atoms with Crippen LogP contribution < -0.4 is 0 Å². The van der Waals surface area contributed by atoms with Crippen molar-refractivity contribution in [1.29, 1.82) is 0 Å². The van der Waals surface area contributed by atoms with Crippen LogP contribution in [0.15, 0.2) is 36.7 Å². The first kappa shape index (κ1) is 6.78. The van der Waals surface area contributed by atoms with Crippen molar-refractivity contribution in [3.63, 3.8) is 0 Å². The molecule has 0 unspecified atom stereocenters. The van der Waals surface area contributed by atoms with Gasteiger partial charge in [-0.3, -0.25) is 9.97 Å². The van der Waals surface area contributed by atoms with Crippen LogP contribution in [0.3, 0.4) is 0 Å². The minimum atomic E-state index is 0.965. The summed E-state index contributed by atoms with van der Waals surface area (Å²) in [5, 5.41) is 0. The summed E-state index contributed by atoms with van der Waals surface area (Å²) in [4.78, 5) is 8.60. The quantitative estimate of drug-likeness (QED) is 0.653. The largest absolute Gasteiger partial charge is 0.255 e. The van der Waals surface area contributed by atoms with Crippen LogP contribution in [-0.4, -0.2) is 9.97 Å². The Labute approximate surface area is 76.0 Å². The molecule has 0 saturated carbocycles. The molecule has 1 aliphatic carbocycles. The van der Waals surface area contributed by atoms with E-state index >= 15 is 0 Å². The fourth-order valence-corrected chi connectivity index (χ4v) is 1.42. The average molecular weight is 168 g/mol. The summed E-state index contributed by atoms with van der Waals surface area (Å²) in [6, 6.07) is 5.99. The molecule has 0 N–H and O–H groups in total. The van der Waals surface area contributed by atoms with E-state index in [9.17, 15) is 0 Å². The molecule has 0 spiro atoms. The van der Waals surface area contributed by atoms with Gasteiger partial charge in [-0.15, -0.1) is 0 Å². The van der Waals surface area contributed by atoms with Gasteiger partial charge in [0, 0.05) is 12.4 Å². The van der Waals surface area contributed by atoms with Gasteiger partial charge in [0.2, 0.25) is 0 Å². The molecule has 0 aromatic carbocycles. The Morgan fingerprint density at radius 3 is 2.92 bits per heavy atom. The highest BCUT2D eigenvalue weighted by Gasteiger charge is 2.10. The lowest BCUT2D eigenvalue weighted by atomic mass is 10.2. The zero-order valence-electron chi connectivity index (χ0n) is 7.07. The lowest BCUT2D eigenvalue weighted by Crippen LogP contribution is -1.83. The van der Waals surface area contributed by atoms with Gasteiger partial charge in [-0.25, -0.2) is 0 Å². The zero-order chi connectivity index (χ0) is 8.67. The van der Waals surface area contributed by atoms with Crippen LogP contribution in [0.25, 0.3) is 16.6 Å². The summed E-state index contributed by atoms with van der Waals surface area (Å²) in [5.74, 6) is 0. The van der Waals surface area contributed by atoms with Gasteiger partial charge in [-0.05, 0) is 35.8 Å². The minimum absolute atomic E-state index is 0.965. The van der Waals surface area contributed by atoms with Gasteiger partial charge in [0.25, 0.3) is 0 Å².